The van der Waals surface area contributed by atoms with Crippen molar-refractivity contribution in [2.75, 3.05) is 11.9 Å². The summed E-state index contributed by atoms with van der Waals surface area (Å²) in [6, 6.07) is 4.71. The largest absolute Gasteiger partial charge is 0.478 e. The molecule has 6 heteroatoms. The van der Waals surface area contributed by atoms with Crippen molar-refractivity contribution in [3.05, 3.63) is 28.2 Å². The molecule has 0 spiro atoms. The predicted octanol–water partition coefficient (Wildman–Crippen LogP) is 2.21. The lowest BCUT2D eigenvalue weighted by atomic mass is 9.68. The van der Waals surface area contributed by atoms with Gasteiger partial charge < -0.3 is 16.2 Å². The molecular weight excluding hydrogens is 312 g/mol. The summed E-state index contributed by atoms with van der Waals surface area (Å²) in [6.07, 6.45) is 2.58. The molecule has 1 aromatic carbocycles. The van der Waals surface area contributed by atoms with Crippen molar-refractivity contribution in [2.24, 2.45) is 11.1 Å². The van der Waals surface area contributed by atoms with Crippen LogP contribution in [0.25, 0.3) is 0 Å². The van der Waals surface area contributed by atoms with Crippen molar-refractivity contribution in [1.29, 1.82) is 0 Å². The van der Waals surface area contributed by atoms with Gasteiger partial charge in [-0.25, -0.2) is 4.79 Å². The quantitative estimate of drug-likeness (QED) is 0.790. The molecule has 0 aliphatic heterocycles. The summed E-state index contributed by atoms with van der Waals surface area (Å²) in [4.78, 5) is 23.2. The molecular formula is C13H15BrN2O3. The van der Waals surface area contributed by atoms with E-state index in [4.69, 9.17) is 10.8 Å². The number of carbonyl (C=O) groups excluding carboxylic acids is 1. The molecule has 0 aromatic heterocycles. The van der Waals surface area contributed by atoms with Crippen LogP contribution in [0.1, 0.15) is 29.6 Å². The second-order valence-corrected chi connectivity index (χ2v) is 5.65. The summed E-state index contributed by atoms with van der Waals surface area (Å²) in [5.41, 5.74) is 5.78. The van der Waals surface area contributed by atoms with Crippen molar-refractivity contribution in [2.45, 2.75) is 19.3 Å². The molecule has 1 saturated carbocycles. The number of rotatable bonds is 4. The summed E-state index contributed by atoms with van der Waals surface area (Å²) in [5, 5.41) is 11.8. The van der Waals surface area contributed by atoms with E-state index in [0.717, 1.165) is 19.3 Å². The number of hydrogen-bond donors (Lipinski definition) is 3. The van der Waals surface area contributed by atoms with Gasteiger partial charge in [-0.1, -0.05) is 6.42 Å². The number of nitrogens with two attached hydrogens (primary N) is 1. The van der Waals surface area contributed by atoms with E-state index in [-0.39, 0.29) is 11.5 Å². The molecule has 102 valence electrons. The Morgan fingerprint density at radius 2 is 2.11 bits per heavy atom. The zero-order chi connectivity index (χ0) is 14.0. The number of amides is 1. The van der Waals surface area contributed by atoms with Crippen LogP contribution in [0.5, 0.6) is 0 Å². The summed E-state index contributed by atoms with van der Waals surface area (Å²) in [5.74, 6) is -1.17. The topological polar surface area (TPSA) is 92.4 Å². The van der Waals surface area contributed by atoms with Crippen molar-refractivity contribution >= 4 is 33.5 Å². The molecule has 1 aromatic rings. The second kappa shape index (κ2) is 5.30. The molecule has 1 amide bonds. The van der Waals surface area contributed by atoms with E-state index >= 15 is 0 Å². The third kappa shape index (κ3) is 2.64. The van der Waals surface area contributed by atoms with Crippen LogP contribution in [0.15, 0.2) is 22.7 Å². The van der Waals surface area contributed by atoms with Gasteiger partial charge in [0.1, 0.15) is 0 Å². The van der Waals surface area contributed by atoms with Crippen LogP contribution in [0, 0.1) is 5.41 Å². The van der Waals surface area contributed by atoms with Gasteiger partial charge in [-0.15, -0.1) is 0 Å². The molecule has 1 aliphatic carbocycles. The first-order valence-corrected chi connectivity index (χ1v) is 6.82. The summed E-state index contributed by atoms with van der Waals surface area (Å²) in [6.45, 7) is 0.321. The molecule has 0 atom stereocenters. The third-order valence-electron chi connectivity index (χ3n) is 3.64. The Kier molecular flexibility index (Phi) is 3.91. The fraction of sp³-hybridized carbons (Fsp3) is 0.385. The highest BCUT2D eigenvalue weighted by atomic mass is 79.9. The zero-order valence-corrected chi connectivity index (χ0v) is 11.9. The SMILES string of the molecule is NCC1(C(=O)Nc2ccc(Br)c(C(=O)O)c2)CCC1. The van der Waals surface area contributed by atoms with E-state index in [1.54, 1.807) is 12.1 Å². The number of hydrogen-bond acceptors (Lipinski definition) is 3. The molecule has 19 heavy (non-hydrogen) atoms. The van der Waals surface area contributed by atoms with Crippen molar-refractivity contribution < 1.29 is 14.7 Å². The Hall–Kier alpha value is -1.40. The molecule has 0 bridgehead atoms. The number of aromatic carboxylic acids is 1. The Morgan fingerprint density at radius 1 is 1.42 bits per heavy atom. The van der Waals surface area contributed by atoms with E-state index in [1.807, 2.05) is 0 Å². The molecule has 2 rings (SSSR count). The smallest absolute Gasteiger partial charge is 0.336 e. The lowest BCUT2D eigenvalue weighted by Crippen LogP contribution is -2.47. The van der Waals surface area contributed by atoms with E-state index in [2.05, 4.69) is 21.2 Å². The fourth-order valence-corrected chi connectivity index (χ4v) is 2.57. The maximum Gasteiger partial charge on any atom is 0.336 e. The Bertz CT molecular complexity index is 521. The molecule has 1 fully saturated rings. The highest BCUT2D eigenvalue weighted by molar-refractivity contribution is 9.10. The maximum absolute atomic E-state index is 12.2. The summed E-state index contributed by atoms with van der Waals surface area (Å²) in [7, 11) is 0. The molecule has 0 saturated heterocycles. The van der Waals surface area contributed by atoms with E-state index in [9.17, 15) is 9.59 Å². The van der Waals surface area contributed by atoms with Crippen molar-refractivity contribution in [3.63, 3.8) is 0 Å². The summed E-state index contributed by atoms with van der Waals surface area (Å²) >= 11 is 3.16. The van der Waals surface area contributed by atoms with Crippen LogP contribution in [0.3, 0.4) is 0 Å². The number of halogens is 1. The molecule has 0 unspecified atom stereocenters. The third-order valence-corrected chi connectivity index (χ3v) is 4.33. The van der Waals surface area contributed by atoms with E-state index in [1.165, 1.54) is 6.07 Å². The van der Waals surface area contributed by atoms with Crippen LogP contribution in [0.2, 0.25) is 0 Å². The van der Waals surface area contributed by atoms with Gasteiger partial charge in [-0.05, 0) is 47.0 Å². The first-order valence-electron chi connectivity index (χ1n) is 6.03. The Morgan fingerprint density at radius 3 is 2.58 bits per heavy atom. The highest BCUT2D eigenvalue weighted by Gasteiger charge is 2.42. The predicted molar refractivity (Wildman–Crippen MR) is 75.1 cm³/mol. The van der Waals surface area contributed by atoms with Crippen LogP contribution >= 0.6 is 15.9 Å². The van der Waals surface area contributed by atoms with Gasteiger partial charge in [0.25, 0.3) is 0 Å². The number of carboxylic acid groups (broad SMARTS) is 1. The van der Waals surface area contributed by atoms with Gasteiger partial charge in [0.15, 0.2) is 0 Å². The average Bonchev–Trinajstić information content (AvgIpc) is 2.30. The number of carbonyl (C=O) groups is 2. The fourth-order valence-electron chi connectivity index (χ4n) is 2.16. The molecule has 1 aliphatic rings. The van der Waals surface area contributed by atoms with Crippen molar-refractivity contribution in [1.82, 2.24) is 0 Å². The van der Waals surface area contributed by atoms with Gasteiger partial charge in [-0.3, -0.25) is 4.79 Å². The minimum Gasteiger partial charge on any atom is -0.478 e. The van der Waals surface area contributed by atoms with Crippen LogP contribution < -0.4 is 11.1 Å². The number of anilines is 1. The molecule has 5 nitrogen and oxygen atoms in total. The van der Waals surface area contributed by atoms with Gasteiger partial charge in [0, 0.05) is 16.7 Å². The monoisotopic (exact) mass is 326 g/mol. The summed E-state index contributed by atoms with van der Waals surface area (Å²) < 4.78 is 0.482. The zero-order valence-electron chi connectivity index (χ0n) is 10.3. The Labute approximate surface area is 119 Å². The van der Waals surface area contributed by atoms with Crippen LogP contribution in [-0.4, -0.2) is 23.5 Å². The first kappa shape index (κ1) is 14.0. The van der Waals surface area contributed by atoms with Crippen LogP contribution in [-0.2, 0) is 4.79 Å². The average molecular weight is 327 g/mol. The van der Waals surface area contributed by atoms with E-state index in [0.29, 0.717) is 16.7 Å². The minimum absolute atomic E-state index is 0.119. The minimum atomic E-state index is -1.04. The highest BCUT2D eigenvalue weighted by Crippen LogP contribution is 2.40. The van der Waals surface area contributed by atoms with Crippen molar-refractivity contribution in [3.8, 4) is 0 Å². The number of nitrogens with one attached hydrogen (secondary N) is 1. The second-order valence-electron chi connectivity index (χ2n) is 4.79. The standard InChI is InChI=1S/C13H15BrN2O3/c14-10-3-2-8(6-9(10)11(17)18)16-12(19)13(7-15)4-1-5-13/h2-3,6H,1,4-5,7,15H2,(H,16,19)(H,17,18). The normalized spacial score (nSPS) is 16.5. The maximum atomic E-state index is 12.2. The van der Waals surface area contributed by atoms with E-state index < -0.39 is 11.4 Å². The lowest BCUT2D eigenvalue weighted by Gasteiger charge is -2.39. The molecule has 0 heterocycles. The van der Waals surface area contributed by atoms with Gasteiger partial charge >= 0.3 is 5.97 Å². The lowest BCUT2D eigenvalue weighted by molar-refractivity contribution is -0.129. The van der Waals surface area contributed by atoms with Crippen LogP contribution in [0.4, 0.5) is 5.69 Å². The molecule has 0 radical (unpaired) electrons. The van der Waals surface area contributed by atoms with Gasteiger partial charge in [-0.2, -0.15) is 0 Å². The number of benzene rings is 1. The Balaban J connectivity index is 2.17. The van der Waals surface area contributed by atoms with Gasteiger partial charge in [0.05, 0.1) is 11.0 Å². The molecule has 4 N–H and O–H groups in total. The number of carboxylic acids is 1. The van der Waals surface area contributed by atoms with Gasteiger partial charge in [0.2, 0.25) is 5.91 Å². The first-order chi connectivity index (χ1) is 8.98.